The third kappa shape index (κ3) is 3.58. The molecule has 0 spiro atoms. The van der Waals surface area contributed by atoms with Crippen LogP contribution in [0.5, 0.6) is 5.75 Å². The lowest BCUT2D eigenvalue weighted by atomic mass is 10.0. The summed E-state index contributed by atoms with van der Waals surface area (Å²) in [6.07, 6.45) is 0. The third-order valence-electron chi connectivity index (χ3n) is 3.41. The Morgan fingerprint density at radius 2 is 1.63 bits per heavy atom. The lowest BCUT2D eigenvalue weighted by Crippen LogP contribution is -2.19. The minimum Gasteiger partial charge on any atom is -0.492 e. The molecular weight excluding hydrogens is 234 g/mol. The molecule has 0 bridgehead atoms. The van der Waals surface area contributed by atoms with Crippen molar-refractivity contribution in [3.05, 3.63) is 64.7 Å². The summed E-state index contributed by atoms with van der Waals surface area (Å²) in [4.78, 5) is 0. The molecule has 0 saturated heterocycles. The minimum absolute atomic E-state index is 0.0967. The maximum Gasteiger partial charge on any atom is 0.119 e. The van der Waals surface area contributed by atoms with Crippen molar-refractivity contribution in [1.29, 1.82) is 0 Å². The Bertz CT molecular complexity index is 546. The summed E-state index contributed by atoms with van der Waals surface area (Å²) in [5.41, 5.74) is 11.1. The Balaban J connectivity index is 1.98. The van der Waals surface area contributed by atoms with Gasteiger partial charge in [-0.05, 0) is 49.6 Å². The van der Waals surface area contributed by atoms with Crippen LogP contribution in [0.4, 0.5) is 0 Å². The first kappa shape index (κ1) is 13.6. The van der Waals surface area contributed by atoms with Crippen LogP contribution in [0.1, 0.15) is 28.3 Å². The fraction of sp³-hybridized carbons (Fsp3) is 0.294. The third-order valence-corrected chi connectivity index (χ3v) is 3.41. The molecule has 1 unspecified atom stereocenters. The Hall–Kier alpha value is -1.80. The molecular formula is C17H21NO. The molecule has 2 aromatic carbocycles. The van der Waals surface area contributed by atoms with Gasteiger partial charge in [-0.15, -0.1) is 0 Å². The SMILES string of the molecule is Cc1ccc(OCC(N)c2ccc(C)c(C)c2)cc1. The van der Waals surface area contributed by atoms with Gasteiger partial charge in [0, 0.05) is 0 Å². The monoisotopic (exact) mass is 255 g/mol. The fourth-order valence-electron chi connectivity index (χ4n) is 1.91. The first-order valence-corrected chi connectivity index (χ1v) is 6.58. The molecule has 2 rings (SSSR count). The zero-order valence-electron chi connectivity index (χ0n) is 11.8. The van der Waals surface area contributed by atoms with Crippen LogP contribution in [-0.2, 0) is 0 Å². The predicted molar refractivity (Wildman–Crippen MR) is 79.5 cm³/mol. The molecule has 1 atom stereocenters. The molecule has 0 fully saturated rings. The van der Waals surface area contributed by atoms with E-state index >= 15 is 0 Å². The van der Waals surface area contributed by atoms with Gasteiger partial charge in [0.1, 0.15) is 12.4 Å². The number of aryl methyl sites for hydroxylation is 3. The number of hydrogen-bond acceptors (Lipinski definition) is 2. The van der Waals surface area contributed by atoms with Crippen LogP contribution in [0, 0.1) is 20.8 Å². The van der Waals surface area contributed by atoms with E-state index < -0.39 is 0 Å². The number of nitrogens with two attached hydrogens (primary N) is 1. The standard InChI is InChI=1S/C17H21NO/c1-12-4-8-16(9-5-12)19-11-17(18)15-7-6-13(2)14(3)10-15/h4-10,17H,11,18H2,1-3H3. The van der Waals surface area contributed by atoms with Gasteiger partial charge in [-0.1, -0.05) is 35.9 Å². The van der Waals surface area contributed by atoms with Gasteiger partial charge in [0.2, 0.25) is 0 Å². The fourth-order valence-corrected chi connectivity index (χ4v) is 1.91. The Morgan fingerprint density at radius 3 is 2.26 bits per heavy atom. The molecule has 0 saturated carbocycles. The largest absolute Gasteiger partial charge is 0.492 e. The molecule has 100 valence electrons. The zero-order chi connectivity index (χ0) is 13.8. The van der Waals surface area contributed by atoms with Crippen LogP contribution in [0.25, 0.3) is 0 Å². The molecule has 0 aliphatic carbocycles. The number of ether oxygens (including phenoxy) is 1. The molecule has 0 aliphatic heterocycles. The zero-order valence-corrected chi connectivity index (χ0v) is 11.8. The normalized spacial score (nSPS) is 12.2. The van der Waals surface area contributed by atoms with Crippen LogP contribution >= 0.6 is 0 Å². The van der Waals surface area contributed by atoms with Gasteiger partial charge in [-0.25, -0.2) is 0 Å². The van der Waals surface area contributed by atoms with E-state index in [9.17, 15) is 0 Å². The molecule has 2 aromatic rings. The highest BCUT2D eigenvalue weighted by Gasteiger charge is 2.08. The van der Waals surface area contributed by atoms with Crippen molar-refractivity contribution in [2.75, 3.05) is 6.61 Å². The van der Waals surface area contributed by atoms with Gasteiger partial charge in [-0.3, -0.25) is 0 Å². The molecule has 2 N–H and O–H groups in total. The molecule has 0 radical (unpaired) electrons. The number of rotatable bonds is 4. The first-order chi connectivity index (χ1) is 9.06. The van der Waals surface area contributed by atoms with Gasteiger partial charge in [0.05, 0.1) is 6.04 Å². The van der Waals surface area contributed by atoms with E-state index in [1.165, 1.54) is 16.7 Å². The quantitative estimate of drug-likeness (QED) is 0.904. The molecule has 2 heteroatoms. The van der Waals surface area contributed by atoms with E-state index in [0.29, 0.717) is 6.61 Å². The van der Waals surface area contributed by atoms with Crippen molar-refractivity contribution in [1.82, 2.24) is 0 Å². The molecule has 0 heterocycles. The van der Waals surface area contributed by atoms with Crippen molar-refractivity contribution in [3.63, 3.8) is 0 Å². The van der Waals surface area contributed by atoms with Crippen LogP contribution in [-0.4, -0.2) is 6.61 Å². The maximum atomic E-state index is 6.17. The van der Waals surface area contributed by atoms with Crippen molar-refractivity contribution >= 4 is 0 Å². The summed E-state index contributed by atoms with van der Waals surface area (Å²) in [5, 5.41) is 0. The highest BCUT2D eigenvalue weighted by molar-refractivity contribution is 5.32. The number of benzene rings is 2. The lowest BCUT2D eigenvalue weighted by Gasteiger charge is -2.15. The Labute approximate surface area is 115 Å². The summed E-state index contributed by atoms with van der Waals surface area (Å²) in [6.45, 7) is 6.76. The van der Waals surface area contributed by atoms with E-state index in [1.807, 2.05) is 24.3 Å². The van der Waals surface area contributed by atoms with Gasteiger partial charge in [0.15, 0.2) is 0 Å². The van der Waals surface area contributed by atoms with Crippen LogP contribution < -0.4 is 10.5 Å². The molecule has 0 amide bonds. The van der Waals surface area contributed by atoms with Gasteiger partial charge in [0.25, 0.3) is 0 Å². The summed E-state index contributed by atoms with van der Waals surface area (Å²) in [6, 6.07) is 14.2. The van der Waals surface area contributed by atoms with E-state index in [0.717, 1.165) is 11.3 Å². The minimum atomic E-state index is -0.0967. The summed E-state index contributed by atoms with van der Waals surface area (Å²) in [5.74, 6) is 0.866. The maximum absolute atomic E-state index is 6.17. The molecule has 0 aromatic heterocycles. The number of hydrogen-bond donors (Lipinski definition) is 1. The second-order valence-electron chi connectivity index (χ2n) is 5.07. The lowest BCUT2D eigenvalue weighted by molar-refractivity contribution is 0.290. The van der Waals surface area contributed by atoms with Gasteiger partial charge < -0.3 is 10.5 Å². The summed E-state index contributed by atoms with van der Waals surface area (Å²) in [7, 11) is 0. The highest BCUT2D eigenvalue weighted by Crippen LogP contribution is 2.18. The Morgan fingerprint density at radius 1 is 0.947 bits per heavy atom. The van der Waals surface area contributed by atoms with Crippen LogP contribution in [0.2, 0.25) is 0 Å². The first-order valence-electron chi connectivity index (χ1n) is 6.58. The average molecular weight is 255 g/mol. The second-order valence-corrected chi connectivity index (χ2v) is 5.07. The molecule has 19 heavy (non-hydrogen) atoms. The highest BCUT2D eigenvalue weighted by atomic mass is 16.5. The second kappa shape index (κ2) is 5.89. The Kier molecular flexibility index (Phi) is 4.23. The van der Waals surface area contributed by atoms with E-state index in [4.69, 9.17) is 10.5 Å². The van der Waals surface area contributed by atoms with Crippen LogP contribution in [0.15, 0.2) is 42.5 Å². The van der Waals surface area contributed by atoms with Gasteiger partial charge in [-0.2, -0.15) is 0 Å². The van der Waals surface area contributed by atoms with E-state index in [1.54, 1.807) is 0 Å². The van der Waals surface area contributed by atoms with Gasteiger partial charge >= 0.3 is 0 Å². The van der Waals surface area contributed by atoms with Crippen molar-refractivity contribution in [2.24, 2.45) is 5.73 Å². The average Bonchev–Trinajstić information content (AvgIpc) is 2.41. The predicted octanol–water partition coefficient (Wildman–Crippen LogP) is 3.69. The van der Waals surface area contributed by atoms with Crippen LogP contribution in [0.3, 0.4) is 0 Å². The van der Waals surface area contributed by atoms with Crippen molar-refractivity contribution in [2.45, 2.75) is 26.8 Å². The summed E-state index contributed by atoms with van der Waals surface area (Å²) >= 11 is 0. The van der Waals surface area contributed by atoms with Crippen molar-refractivity contribution in [3.8, 4) is 5.75 Å². The smallest absolute Gasteiger partial charge is 0.119 e. The molecule has 2 nitrogen and oxygen atoms in total. The molecule has 0 aliphatic rings. The van der Waals surface area contributed by atoms with E-state index in [-0.39, 0.29) is 6.04 Å². The van der Waals surface area contributed by atoms with Crippen molar-refractivity contribution < 1.29 is 4.74 Å². The topological polar surface area (TPSA) is 35.2 Å². The van der Waals surface area contributed by atoms with E-state index in [2.05, 4.69) is 39.0 Å². The summed E-state index contributed by atoms with van der Waals surface area (Å²) < 4.78 is 5.72.